The number of nitrogens with zero attached hydrogens (tertiary/aromatic N) is 1. The molecule has 0 N–H and O–H groups in total. The van der Waals surface area contributed by atoms with Crippen molar-refractivity contribution in [2.45, 2.75) is 31.7 Å². The molecule has 2 aliphatic rings. The lowest BCUT2D eigenvalue weighted by atomic mass is 9.80. The number of alkyl halides is 2. The van der Waals surface area contributed by atoms with Gasteiger partial charge in [-0.3, -0.25) is 4.90 Å². The third-order valence-electron chi connectivity index (χ3n) is 4.49. The number of fused-ring (bicyclic) bond motifs is 1. The van der Waals surface area contributed by atoms with E-state index < -0.39 is 5.92 Å². The van der Waals surface area contributed by atoms with E-state index in [2.05, 4.69) is 4.90 Å². The van der Waals surface area contributed by atoms with Gasteiger partial charge in [0, 0.05) is 32.5 Å². The van der Waals surface area contributed by atoms with Crippen molar-refractivity contribution in [3.63, 3.8) is 0 Å². The molecule has 3 nitrogen and oxygen atoms in total. The minimum absolute atomic E-state index is 0. The molecule has 1 aliphatic carbocycles. The highest BCUT2D eigenvalue weighted by molar-refractivity contribution is 5.85. The summed E-state index contributed by atoms with van der Waals surface area (Å²) >= 11 is 0. The SMILES string of the molecule is COc1cc2c(cc1OC)CN(CC1CC(F)(F)C1)CC2.Cl. The summed E-state index contributed by atoms with van der Waals surface area (Å²) in [4.78, 5) is 2.27. The molecule has 0 amide bonds. The van der Waals surface area contributed by atoms with Crippen LogP contribution in [0.5, 0.6) is 11.5 Å². The Morgan fingerprint density at radius 2 is 1.73 bits per heavy atom. The van der Waals surface area contributed by atoms with Gasteiger partial charge in [-0.1, -0.05) is 0 Å². The molecule has 3 rings (SSSR count). The van der Waals surface area contributed by atoms with Gasteiger partial charge >= 0.3 is 0 Å². The van der Waals surface area contributed by atoms with Crippen LogP contribution in [0.15, 0.2) is 12.1 Å². The monoisotopic (exact) mass is 333 g/mol. The first-order valence-electron chi connectivity index (χ1n) is 7.35. The van der Waals surface area contributed by atoms with Crippen LogP contribution < -0.4 is 9.47 Å². The minimum atomic E-state index is -2.42. The van der Waals surface area contributed by atoms with E-state index in [0.29, 0.717) is 0 Å². The van der Waals surface area contributed by atoms with Gasteiger partial charge in [0.1, 0.15) is 0 Å². The lowest BCUT2D eigenvalue weighted by Crippen LogP contribution is -2.43. The highest BCUT2D eigenvalue weighted by Gasteiger charge is 2.45. The fourth-order valence-electron chi connectivity index (χ4n) is 3.38. The molecule has 0 atom stereocenters. The molecule has 0 unspecified atom stereocenters. The van der Waals surface area contributed by atoms with E-state index in [4.69, 9.17) is 9.47 Å². The fourth-order valence-corrected chi connectivity index (χ4v) is 3.38. The second-order valence-electron chi connectivity index (χ2n) is 6.09. The lowest BCUT2D eigenvalue weighted by Gasteiger charge is -2.39. The van der Waals surface area contributed by atoms with Crippen LogP contribution in [0, 0.1) is 5.92 Å². The van der Waals surface area contributed by atoms with E-state index in [1.165, 1.54) is 11.1 Å². The van der Waals surface area contributed by atoms with Gasteiger partial charge < -0.3 is 9.47 Å². The fraction of sp³-hybridized carbons (Fsp3) is 0.625. The Kier molecular flexibility index (Phi) is 5.17. The molecule has 0 radical (unpaired) electrons. The van der Waals surface area contributed by atoms with Crippen LogP contribution in [0.1, 0.15) is 24.0 Å². The smallest absolute Gasteiger partial charge is 0.248 e. The molecule has 1 saturated carbocycles. The number of hydrogen-bond donors (Lipinski definition) is 0. The standard InChI is InChI=1S/C16H21F2NO2.ClH/c1-20-14-5-12-3-4-19(9-11-7-16(17,18)8-11)10-13(12)6-15(14)21-2;/h5-6,11H,3-4,7-10H2,1-2H3;1H. The predicted molar refractivity (Wildman–Crippen MR) is 83.4 cm³/mol. The van der Waals surface area contributed by atoms with Gasteiger partial charge in [-0.25, -0.2) is 8.78 Å². The number of halogens is 3. The molecule has 6 heteroatoms. The Morgan fingerprint density at radius 3 is 2.27 bits per heavy atom. The van der Waals surface area contributed by atoms with Crippen LogP contribution in [-0.2, 0) is 13.0 Å². The Bertz CT molecular complexity index is 531. The first-order valence-corrected chi connectivity index (χ1v) is 7.35. The second kappa shape index (κ2) is 6.59. The van der Waals surface area contributed by atoms with Gasteiger partial charge in [0.15, 0.2) is 11.5 Å². The Hall–Kier alpha value is -1.07. The largest absolute Gasteiger partial charge is 0.493 e. The Labute approximate surface area is 136 Å². The average Bonchev–Trinajstić information content (AvgIpc) is 2.43. The van der Waals surface area contributed by atoms with Crippen molar-refractivity contribution < 1.29 is 18.3 Å². The summed E-state index contributed by atoms with van der Waals surface area (Å²) in [5, 5.41) is 0. The van der Waals surface area contributed by atoms with Gasteiger partial charge in [-0.2, -0.15) is 0 Å². The van der Waals surface area contributed by atoms with Crippen LogP contribution in [0.4, 0.5) is 8.78 Å². The van der Waals surface area contributed by atoms with Crippen molar-refractivity contribution in [2.75, 3.05) is 27.3 Å². The van der Waals surface area contributed by atoms with E-state index in [1.807, 2.05) is 12.1 Å². The minimum Gasteiger partial charge on any atom is -0.493 e. The van der Waals surface area contributed by atoms with E-state index in [0.717, 1.165) is 37.6 Å². The van der Waals surface area contributed by atoms with Crippen LogP contribution in [0.3, 0.4) is 0 Å². The van der Waals surface area contributed by atoms with Crippen molar-refractivity contribution in [3.05, 3.63) is 23.3 Å². The summed E-state index contributed by atoms with van der Waals surface area (Å²) < 4.78 is 36.5. The molecule has 1 aliphatic heterocycles. The normalized spacial score (nSPS) is 20.5. The first kappa shape index (κ1) is 17.3. The topological polar surface area (TPSA) is 21.7 Å². The summed E-state index contributed by atoms with van der Waals surface area (Å²) in [6, 6.07) is 4.04. The third-order valence-corrected chi connectivity index (χ3v) is 4.49. The molecule has 0 bridgehead atoms. The zero-order valence-corrected chi connectivity index (χ0v) is 13.7. The predicted octanol–water partition coefficient (Wildman–Crippen LogP) is 3.53. The molecular weight excluding hydrogens is 312 g/mol. The average molecular weight is 334 g/mol. The van der Waals surface area contributed by atoms with Crippen LogP contribution >= 0.6 is 12.4 Å². The highest BCUT2D eigenvalue weighted by Crippen LogP contribution is 2.43. The molecule has 22 heavy (non-hydrogen) atoms. The number of ether oxygens (including phenoxy) is 2. The molecule has 1 heterocycles. The number of benzene rings is 1. The maximum Gasteiger partial charge on any atom is 0.248 e. The zero-order valence-electron chi connectivity index (χ0n) is 12.9. The summed E-state index contributed by atoms with van der Waals surface area (Å²) in [7, 11) is 3.26. The van der Waals surface area contributed by atoms with Crippen molar-refractivity contribution in [1.82, 2.24) is 4.90 Å². The molecule has 0 aromatic heterocycles. The molecule has 124 valence electrons. The van der Waals surface area contributed by atoms with Gasteiger partial charge in [0.05, 0.1) is 14.2 Å². The molecule has 0 spiro atoms. The summed E-state index contributed by atoms with van der Waals surface area (Å²) in [6.07, 6.45) is 1.02. The number of rotatable bonds is 4. The van der Waals surface area contributed by atoms with E-state index >= 15 is 0 Å². The first-order chi connectivity index (χ1) is 10.0. The van der Waals surface area contributed by atoms with Gasteiger partial charge in [0.25, 0.3) is 0 Å². The maximum atomic E-state index is 12.9. The molecular formula is C16H22ClF2NO2. The summed E-state index contributed by atoms with van der Waals surface area (Å²) in [6.45, 7) is 2.49. The van der Waals surface area contributed by atoms with Crippen molar-refractivity contribution in [2.24, 2.45) is 5.92 Å². The van der Waals surface area contributed by atoms with Gasteiger partial charge in [-0.15, -0.1) is 12.4 Å². The number of methoxy groups -OCH3 is 2. The van der Waals surface area contributed by atoms with Crippen molar-refractivity contribution >= 4 is 12.4 Å². The summed E-state index contributed by atoms with van der Waals surface area (Å²) in [5.41, 5.74) is 2.48. The summed E-state index contributed by atoms with van der Waals surface area (Å²) in [5.74, 6) is -0.798. The second-order valence-corrected chi connectivity index (χ2v) is 6.09. The van der Waals surface area contributed by atoms with E-state index in [-0.39, 0.29) is 31.2 Å². The molecule has 0 saturated heterocycles. The van der Waals surface area contributed by atoms with Crippen LogP contribution in [0.25, 0.3) is 0 Å². The quantitative estimate of drug-likeness (QED) is 0.841. The third kappa shape index (κ3) is 3.46. The van der Waals surface area contributed by atoms with E-state index in [1.54, 1.807) is 14.2 Å². The maximum absolute atomic E-state index is 12.9. The van der Waals surface area contributed by atoms with Gasteiger partial charge in [-0.05, 0) is 35.6 Å². The highest BCUT2D eigenvalue weighted by atomic mass is 35.5. The Morgan fingerprint density at radius 1 is 1.14 bits per heavy atom. The molecule has 1 fully saturated rings. The van der Waals surface area contributed by atoms with Gasteiger partial charge in [0.2, 0.25) is 5.92 Å². The van der Waals surface area contributed by atoms with Crippen molar-refractivity contribution in [3.8, 4) is 11.5 Å². The van der Waals surface area contributed by atoms with Crippen molar-refractivity contribution in [1.29, 1.82) is 0 Å². The zero-order chi connectivity index (χ0) is 15.0. The van der Waals surface area contributed by atoms with Crippen LogP contribution in [-0.4, -0.2) is 38.1 Å². The lowest BCUT2D eigenvalue weighted by molar-refractivity contribution is -0.117. The van der Waals surface area contributed by atoms with Crippen LogP contribution in [0.2, 0.25) is 0 Å². The van der Waals surface area contributed by atoms with E-state index in [9.17, 15) is 8.78 Å². The molecule has 1 aromatic rings. The number of hydrogen-bond acceptors (Lipinski definition) is 3. The Balaban J connectivity index is 0.00000176. The molecule has 1 aromatic carbocycles.